The molecule has 0 aliphatic carbocycles. The first-order valence-electron chi connectivity index (χ1n) is 7.49. The van der Waals surface area contributed by atoms with E-state index in [0.717, 1.165) is 23.0 Å². The Morgan fingerprint density at radius 2 is 2.05 bits per heavy atom. The highest BCUT2D eigenvalue weighted by Crippen LogP contribution is 2.13. The number of carbonyl (C=O) groups excluding carboxylic acids is 1. The fourth-order valence-electron chi connectivity index (χ4n) is 2.31. The van der Waals surface area contributed by atoms with Gasteiger partial charge in [-0.05, 0) is 51.0 Å². The highest BCUT2D eigenvalue weighted by Gasteiger charge is 2.07. The number of aromatic amines is 1. The summed E-state index contributed by atoms with van der Waals surface area (Å²) in [5.41, 5.74) is 2.51. The molecule has 1 aromatic carbocycles. The highest BCUT2D eigenvalue weighted by molar-refractivity contribution is 5.80. The van der Waals surface area contributed by atoms with Crippen LogP contribution in [0.2, 0.25) is 0 Å². The second kappa shape index (κ2) is 7.22. The average Bonchev–Trinajstić information content (AvgIpc) is 2.45. The lowest BCUT2D eigenvalue weighted by atomic mass is 10.1. The first-order chi connectivity index (χ1) is 10.5. The molecule has 1 amide bonds. The Bertz CT molecular complexity index is 719. The van der Waals surface area contributed by atoms with Crippen LogP contribution >= 0.6 is 0 Å². The molecule has 0 radical (unpaired) electrons. The maximum Gasteiger partial charge on any atom is 0.251 e. The number of carbonyl (C=O) groups is 1. The third-order valence-corrected chi connectivity index (χ3v) is 3.58. The van der Waals surface area contributed by atoms with Gasteiger partial charge in [0.05, 0.1) is 0 Å². The van der Waals surface area contributed by atoms with Crippen molar-refractivity contribution in [2.75, 3.05) is 27.2 Å². The van der Waals surface area contributed by atoms with Crippen molar-refractivity contribution in [2.24, 2.45) is 0 Å². The topological polar surface area (TPSA) is 65.2 Å². The Labute approximate surface area is 130 Å². The van der Waals surface area contributed by atoms with Crippen molar-refractivity contribution >= 4 is 16.8 Å². The molecular weight excluding hydrogens is 278 g/mol. The van der Waals surface area contributed by atoms with Crippen molar-refractivity contribution in [1.29, 1.82) is 0 Å². The van der Waals surface area contributed by atoms with Crippen LogP contribution in [0.25, 0.3) is 10.9 Å². The Morgan fingerprint density at radius 1 is 1.27 bits per heavy atom. The zero-order chi connectivity index (χ0) is 16.1. The molecule has 0 fully saturated rings. The fraction of sp³-hybridized carbons (Fsp3) is 0.412. The number of amides is 1. The molecule has 2 rings (SSSR count). The molecule has 0 aliphatic heterocycles. The molecule has 0 atom stereocenters. The van der Waals surface area contributed by atoms with Crippen LogP contribution in [0.4, 0.5) is 0 Å². The van der Waals surface area contributed by atoms with E-state index in [1.54, 1.807) is 0 Å². The minimum atomic E-state index is -0.113. The van der Waals surface area contributed by atoms with Crippen molar-refractivity contribution in [1.82, 2.24) is 15.2 Å². The molecule has 2 N–H and O–H groups in total. The number of nitrogens with one attached hydrogen (secondary N) is 2. The molecule has 118 valence electrons. The van der Waals surface area contributed by atoms with Crippen LogP contribution in [0, 0.1) is 6.92 Å². The number of benzene rings is 1. The molecule has 1 heterocycles. The van der Waals surface area contributed by atoms with E-state index in [-0.39, 0.29) is 11.5 Å². The van der Waals surface area contributed by atoms with Gasteiger partial charge in [0.1, 0.15) is 0 Å². The number of rotatable bonds is 6. The maximum atomic E-state index is 12.0. The predicted molar refractivity (Wildman–Crippen MR) is 89.2 cm³/mol. The number of fused-ring (bicyclic) bond motifs is 1. The van der Waals surface area contributed by atoms with Crippen molar-refractivity contribution in [3.63, 3.8) is 0 Å². The quantitative estimate of drug-likeness (QED) is 0.848. The van der Waals surface area contributed by atoms with Gasteiger partial charge in [0, 0.05) is 30.6 Å². The standard InChI is InChI=1S/C17H23N3O2/c1-12-4-6-15-14(10-12)11-13(17(22)19-15)5-7-16(21)18-8-9-20(2)3/h4,6,10-11H,5,7-9H2,1-3H3,(H,18,21)(H,19,22). The summed E-state index contributed by atoms with van der Waals surface area (Å²) >= 11 is 0. The smallest absolute Gasteiger partial charge is 0.251 e. The van der Waals surface area contributed by atoms with Crippen LogP contribution in [0.15, 0.2) is 29.1 Å². The first kappa shape index (κ1) is 16.2. The summed E-state index contributed by atoms with van der Waals surface area (Å²) in [5, 5.41) is 3.86. The van der Waals surface area contributed by atoms with Gasteiger partial charge >= 0.3 is 0 Å². The zero-order valence-electron chi connectivity index (χ0n) is 13.4. The summed E-state index contributed by atoms with van der Waals surface area (Å²) < 4.78 is 0. The normalized spacial score (nSPS) is 11.1. The Balaban J connectivity index is 2.00. The number of aryl methyl sites for hydroxylation is 2. The van der Waals surface area contributed by atoms with Gasteiger partial charge in [-0.1, -0.05) is 11.6 Å². The largest absolute Gasteiger partial charge is 0.355 e. The van der Waals surface area contributed by atoms with Gasteiger partial charge in [0.2, 0.25) is 5.91 Å². The number of H-pyrrole nitrogens is 1. The number of likely N-dealkylation sites (N-methyl/N-ethyl adjacent to an activating group) is 1. The number of hydrogen-bond acceptors (Lipinski definition) is 3. The zero-order valence-corrected chi connectivity index (χ0v) is 13.4. The Hall–Kier alpha value is -2.14. The number of aromatic nitrogens is 1. The molecule has 22 heavy (non-hydrogen) atoms. The summed E-state index contributed by atoms with van der Waals surface area (Å²) in [5.74, 6) is -0.0226. The van der Waals surface area contributed by atoms with Gasteiger partial charge in [-0.25, -0.2) is 0 Å². The summed E-state index contributed by atoms with van der Waals surface area (Å²) in [7, 11) is 3.92. The van der Waals surface area contributed by atoms with Gasteiger partial charge in [-0.3, -0.25) is 9.59 Å². The third-order valence-electron chi connectivity index (χ3n) is 3.58. The van der Waals surface area contributed by atoms with Gasteiger partial charge < -0.3 is 15.2 Å². The number of pyridine rings is 1. The minimum Gasteiger partial charge on any atom is -0.355 e. The van der Waals surface area contributed by atoms with E-state index in [4.69, 9.17) is 0 Å². The molecule has 0 saturated heterocycles. The molecular formula is C17H23N3O2. The van der Waals surface area contributed by atoms with E-state index in [9.17, 15) is 9.59 Å². The fourth-order valence-corrected chi connectivity index (χ4v) is 2.31. The predicted octanol–water partition coefficient (Wildman–Crippen LogP) is 1.45. The molecule has 2 aromatic rings. The van der Waals surface area contributed by atoms with Crippen LogP contribution in [0.1, 0.15) is 17.5 Å². The van der Waals surface area contributed by atoms with E-state index >= 15 is 0 Å². The van der Waals surface area contributed by atoms with E-state index in [0.29, 0.717) is 24.9 Å². The number of nitrogens with zero attached hydrogens (tertiary/aromatic N) is 1. The van der Waals surface area contributed by atoms with Gasteiger partial charge in [0.15, 0.2) is 0 Å². The third kappa shape index (κ3) is 4.43. The van der Waals surface area contributed by atoms with Crippen LogP contribution < -0.4 is 10.9 Å². The van der Waals surface area contributed by atoms with Crippen molar-refractivity contribution in [2.45, 2.75) is 19.8 Å². The summed E-state index contributed by atoms with van der Waals surface area (Å²) in [6.07, 6.45) is 0.779. The molecule has 0 saturated carbocycles. The monoisotopic (exact) mass is 301 g/mol. The first-order valence-corrected chi connectivity index (χ1v) is 7.49. The average molecular weight is 301 g/mol. The van der Waals surface area contributed by atoms with Gasteiger partial charge in [-0.15, -0.1) is 0 Å². The van der Waals surface area contributed by atoms with Crippen LogP contribution in [0.5, 0.6) is 0 Å². The van der Waals surface area contributed by atoms with E-state index in [2.05, 4.69) is 10.3 Å². The van der Waals surface area contributed by atoms with Crippen molar-refractivity contribution in [3.8, 4) is 0 Å². The molecule has 1 aromatic heterocycles. The molecule has 0 aliphatic rings. The lowest BCUT2D eigenvalue weighted by Crippen LogP contribution is -2.31. The van der Waals surface area contributed by atoms with Crippen LogP contribution in [0.3, 0.4) is 0 Å². The van der Waals surface area contributed by atoms with E-state index in [1.807, 2.05) is 50.2 Å². The minimum absolute atomic E-state index is 0.0226. The van der Waals surface area contributed by atoms with E-state index in [1.165, 1.54) is 0 Å². The summed E-state index contributed by atoms with van der Waals surface area (Å²) in [6, 6.07) is 7.79. The number of hydrogen-bond donors (Lipinski definition) is 2. The van der Waals surface area contributed by atoms with Gasteiger partial charge in [-0.2, -0.15) is 0 Å². The Morgan fingerprint density at radius 3 is 2.77 bits per heavy atom. The van der Waals surface area contributed by atoms with Gasteiger partial charge in [0.25, 0.3) is 5.56 Å². The highest BCUT2D eigenvalue weighted by atomic mass is 16.1. The van der Waals surface area contributed by atoms with E-state index < -0.39 is 0 Å². The lowest BCUT2D eigenvalue weighted by Gasteiger charge is -2.10. The lowest BCUT2D eigenvalue weighted by molar-refractivity contribution is -0.121. The second-order valence-corrected chi connectivity index (χ2v) is 5.87. The van der Waals surface area contributed by atoms with Crippen LogP contribution in [-0.4, -0.2) is 43.0 Å². The molecule has 0 bridgehead atoms. The maximum absolute atomic E-state index is 12.0. The van der Waals surface area contributed by atoms with Crippen molar-refractivity contribution in [3.05, 3.63) is 45.7 Å². The molecule has 5 heteroatoms. The summed E-state index contributed by atoms with van der Waals surface area (Å²) in [6.45, 7) is 3.45. The van der Waals surface area contributed by atoms with Crippen LogP contribution in [-0.2, 0) is 11.2 Å². The SMILES string of the molecule is Cc1ccc2[nH]c(=O)c(CCC(=O)NCCN(C)C)cc2c1. The molecule has 0 unspecified atom stereocenters. The van der Waals surface area contributed by atoms with Crippen molar-refractivity contribution < 1.29 is 4.79 Å². The molecule has 0 spiro atoms. The summed E-state index contributed by atoms with van der Waals surface area (Å²) in [4.78, 5) is 28.7. The Kier molecular flexibility index (Phi) is 5.33. The molecule has 5 nitrogen and oxygen atoms in total. The second-order valence-electron chi connectivity index (χ2n) is 5.87.